The Hall–Kier alpha value is 0.523. The molecule has 0 saturated carbocycles. The maximum atomic E-state index is 10.2. The second-order valence-electron chi connectivity index (χ2n) is 1.99. The summed E-state index contributed by atoms with van der Waals surface area (Å²) >= 11 is 6.25. The summed E-state index contributed by atoms with van der Waals surface area (Å²) in [7, 11) is 0. The first kappa shape index (κ1) is 16.9. The van der Waals surface area contributed by atoms with Gasteiger partial charge in [0.15, 0.2) is 0 Å². The van der Waals surface area contributed by atoms with Crippen LogP contribution in [-0.2, 0) is 32.3 Å². The third-order valence-corrected chi connectivity index (χ3v) is 0.809. The molecule has 14 heavy (non-hydrogen) atoms. The quantitative estimate of drug-likeness (QED) is 0.322. The standard InChI is InChI=1S/C7H11O4.2BrH.Zn/c1-6(8)10-4-3-5-11-7(2)9;;;/h3H,4-5H2,1-2H3;2*1H;/q-1;;;+2/p-2. The number of rotatable bonds is 4. The maximum absolute atomic E-state index is 10.2. The molecule has 0 bridgehead atoms. The number of carbonyl (C=O) groups is 2. The van der Waals surface area contributed by atoms with Crippen molar-refractivity contribution in [2.75, 3.05) is 13.2 Å². The van der Waals surface area contributed by atoms with E-state index in [2.05, 4.69) is 36.7 Å². The van der Waals surface area contributed by atoms with Gasteiger partial charge in [0.2, 0.25) is 0 Å². The van der Waals surface area contributed by atoms with E-state index in [1.165, 1.54) is 13.8 Å². The van der Waals surface area contributed by atoms with Crippen LogP contribution in [0, 0.1) is 6.42 Å². The molecule has 0 aromatic carbocycles. The van der Waals surface area contributed by atoms with E-state index in [0.717, 1.165) is 0 Å². The summed E-state index contributed by atoms with van der Waals surface area (Å²) in [6.45, 7) is 3.00. The van der Waals surface area contributed by atoms with Crippen molar-refractivity contribution in [3.63, 3.8) is 0 Å². The van der Waals surface area contributed by atoms with Gasteiger partial charge < -0.3 is 9.47 Å². The molecule has 0 aliphatic carbocycles. The Bertz CT molecular complexity index is 150. The topological polar surface area (TPSA) is 52.6 Å². The molecule has 0 spiro atoms. The number of halogens is 2. The zero-order valence-electron chi connectivity index (χ0n) is 8.09. The van der Waals surface area contributed by atoms with Crippen molar-refractivity contribution < 1.29 is 32.3 Å². The van der Waals surface area contributed by atoms with E-state index in [0.29, 0.717) is 0 Å². The molecule has 80 valence electrons. The van der Waals surface area contributed by atoms with Gasteiger partial charge in [-0.1, -0.05) is 0 Å². The first-order valence-corrected chi connectivity index (χ1v) is 17.6. The van der Waals surface area contributed by atoms with Gasteiger partial charge in [-0.15, -0.1) is 0 Å². The Morgan fingerprint density at radius 2 is 1.43 bits per heavy atom. The zero-order chi connectivity index (χ0) is 11.4. The van der Waals surface area contributed by atoms with Crippen molar-refractivity contribution in [1.82, 2.24) is 0 Å². The molecular formula is C7H11Br2O4Zn-. The van der Waals surface area contributed by atoms with Crippen LogP contribution in [0.15, 0.2) is 0 Å². The summed E-state index contributed by atoms with van der Waals surface area (Å²) in [4.78, 5) is 20.4. The van der Waals surface area contributed by atoms with Gasteiger partial charge in [0.05, 0.1) is 0 Å². The van der Waals surface area contributed by atoms with E-state index >= 15 is 0 Å². The summed E-state index contributed by atoms with van der Waals surface area (Å²) in [5.41, 5.74) is 0. The van der Waals surface area contributed by atoms with Crippen LogP contribution in [0.4, 0.5) is 0 Å². The Morgan fingerprint density at radius 1 is 1.14 bits per heavy atom. The van der Waals surface area contributed by atoms with Gasteiger partial charge >= 0.3 is 40.5 Å². The molecule has 4 nitrogen and oxygen atoms in total. The van der Waals surface area contributed by atoms with Crippen LogP contribution in [0.3, 0.4) is 0 Å². The molecule has 0 radical (unpaired) electrons. The van der Waals surface area contributed by atoms with Gasteiger partial charge in [-0.3, -0.25) is 16.0 Å². The fraction of sp³-hybridized carbons (Fsp3) is 0.571. The Balaban J connectivity index is 0. The molecule has 0 saturated heterocycles. The van der Waals surface area contributed by atoms with E-state index in [9.17, 15) is 9.59 Å². The summed E-state index contributed by atoms with van der Waals surface area (Å²) in [6, 6.07) is 0. The number of carbonyl (C=O) groups excluding carboxylic acids is 2. The predicted molar refractivity (Wildman–Crippen MR) is 55.4 cm³/mol. The predicted octanol–water partition coefficient (Wildman–Crippen LogP) is 2.01. The van der Waals surface area contributed by atoms with Gasteiger partial charge in [0.1, 0.15) is 0 Å². The van der Waals surface area contributed by atoms with Crippen LogP contribution < -0.4 is 0 Å². The minimum absolute atomic E-state index is 0.183. The average Bonchev–Trinajstić information content (AvgIpc) is 2.04. The molecular weight excluding hydrogens is 373 g/mol. The van der Waals surface area contributed by atoms with Crippen LogP contribution in [-0.4, -0.2) is 25.2 Å². The van der Waals surface area contributed by atoms with E-state index in [4.69, 9.17) is 0 Å². The normalized spacial score (nSPS) is 7.71. The number of esters is 2. The van der Waals surface area contributed by atoms with Crippen molar-refractivity contribution in [3.05, 3.63) is 6.42 Å². The molecule has 0 aliphatic heterocycles. The molecule has 0 aromatic heterocycles. The van der Waals surface area contributed by atoms with Gasteiger partial charge in [0.25, 0.3) is 11.9 Å². The van der Waals surface area contributed by atoms with Crippen molar-refractivity contribution >= 4 is 39.2 Å². The summed E-state index contributed by atoms with van der Waals surface area (Å²) in [5.74, 6) is -0.687. The van der Waals surface area contributed by atoms with E-state index in [1.807, 2.05) is 0 Å². The average molecular weight is 384 g/mol. The van der Waals surface area contributed by atoms with Crippen LogP contribution in [0.1, 0.15) is 13.8 Å². The molecule has 0 unspecified atom stereocenters. The SMILES string of the molecule is CC(=O)OC[CH-]COC(C)=O.[Br][Zn][Br]. The van der Waals surface area contributed by atoms with E-state index in [1.54, 1.807) is 6.42 Å². The molecule has 0 rings (SSSR count). The van der Waals surface area contributed by atoms with Gasteiger partial charge in [-0.25, -0.2) is 0 Å². The van der Waals surface area contributed by atoms with Crippen LogP contribution in [0.25, 0.3) is 0 Å². The van der Waals surface area contributed by atoms with E-state index < -0.39 is 0 Å². The summed E-state index contributed by atoms with van der Waals surface area (Å²) < 4.78 is 9.08. The number of hydrogen-bond acceptors (Lipinski definition) is 4. The van der Waals surface area contributed by atoms with Gasteiger partial charge in [-0.2, -0.15) is 0 Å². The molecule has 0 heterocycles. The number of ether oxygens (including phenoxy) is 2. The van der Waals surface area contributed by atoms with Crippen molar-refractivity contribution in [1.29, 1.82) is 0 Å². The minimum atomic E-state index is -0.343. The van der Waals surface area contributed by atoms with Crippen LogP contribution in [0.5, 0.6) is 0 Å². The van der Waals surface area contributed by atoms with Crippen LogP contribution in [0.2, 0.25) is 0 Å². The zero-order valence-corrected chi connectivity index (χ0v) is 14.2. The molecule has 0 atom stereocenters. The van der Waals surface area contributed by atoms with Crippen LogP contribution >= 0.6 is 27.2 Å². The van der Waals surface area contributed by atoms with Gasteiger partial charge in [-0.05, 0) is 13.2 Å². The summed E-state index contributed by atoms with van der Waals surface area (Å²) in [5, 5.41) is 0. The fourth-order valence-corrected chi connectivity index (χ4v) is 0.401. The third kappa shape index (κ3) is 22.9. The Kier molecular flexibility index (Phi) is 16.4. The monoisotopic (exact) mass is 381 g/mol. The molecule has 0 aromatic rings. The number of hydrogen-bond donors (Lipinski definition) is 0. The van der Waals surface area contributed by atoms with Crippen molar-refractivity contribution in [2.45, 2.75) is 13.8 Å². The van der Waals surface area contributed by atoms with Crippen molar-refractivity contribution in [2.24, 2.45) is 0 Å². The second kappa shape index (κ2) is 13.5. The van der Waals surface area contributed by atoms with Gasteiger partial charge in [0, 0.05) is 13.8 Å². The first-order chi connectivity index (χ1) is 6.54. The third-order valence-electron chi connectivity index (χ3n) is 0.809. The molecule has 0 N–H and O–H groups in total. The molecule has 7 heteroatoms. The molecule has 0 amide bonds. The molecule has 0 fully saturated rings. The summed E-state index contributed by atoms with van der Waals surface area (Å²) in [6.07, 6.45) is 1.56. The molecule has 0 aliphatic rings. The van der Waals surface area contributed by atoms with Crippen molar-refractivity contribution in [3.8, 4) is 0 Å². The van der Waals surface area contributed by atoms with E-state index in [-0.39, 0.29) is 38.4 Å². The Labute approximate surface area is 104 Å². The fourth-order valence-electron chi connectivity index (χ4n) is 0.401. The Morgan fingerprint density at radius 3 is 1.64 bits per heavy atom. The second-order valence-corrected chi connectivity index (χ2v) is 16.1. The first-order valence-electron chi connectivity index (χ1n) is 3.74.